The van der Waals surface area contributed by atoms with Crippen LogP contribution in [0.4, 0.5) is 4.79 Å². The Morgan fingerprint density at radius 1 is 1.23 bits per heavy atom. The van der Waals surface area contributed by atoms with Crippen molar-refractivity contribution in [2.75, 3.05) is 19.7 Å². The summed E-state index contributed by atoms with van der Waals surface area (Å²) < 4.78 is 15.3. The molecule has 1 atom stereocenters. The molecule has 1 unspecified atom stereocenters. The molecule has 1 aliphatic rings. The third-order valence-corrected chi connectivity index (χ3v) is 5.23. The average Bonchev–Trinajstić information content (AvgIpc) is 3.36. The summed E-state index contributed by atoms with van der Waals surface area (Å²) in [5.41, 5.74) is 0.929. The summed E-state index contributed by atoms with van der Waals surface area (Å²) in [7, 11) is 0. The molecule has 4 rings (SSSR count). The van der Waals surface area contributed by atoms with Crippen LogP contribution in [-0.4, -0.2) is 35.1 Å². The number of hydrogen-bond acceptors (Lipinski definition) is 5. The van der Waals surface area contributed by atoms with Crippen molar-refractivity contribution < 1.29 is 14.3 Å². The first-order valence-electron chi connectivity index (χ1n) is 8.69. The lowest BCUT2D eigenvalue weighted by atomic mass is 10.1. The van der Waals surface area contributed by atoms with E-state index < -0.39 is 0 Å². The molecule has 1 saturated heterocycles. The zero-order valence-electron chi connectivity index (χ0n) is 14.3. The molecule has 2 aromatic carbocycles. The summed E-state index contributed by atoms with van der Waals surface area (Å²) in [6, 6.07) is 14.4. The number of rotatable bonds is 5. The van der Waals surface area contributed by atoms with E-state index in [-0.39, 0.29) is 12.7 Å². The lowest BCUT2D eigenvalue weighted by Crippen LogP contribution is -2.30. The van der Waals surface area contributed by atoms with Gasteiger partial charge in [-0.3, -0.25) is 0 Å². The SMILES string of the molecule is O=C(OCc1cnsc1)N1CCC(COc2ccc3ccccc3c2)C1. The van der Waals surface area contributed by atoms with E-state index in [4.69, 9.17) is 9.47 Å². The molecule has 0 saturated carbocycles. The molecule has 26 heavy (non-hydrogen) atoms. The maximum Gasteiger partial charge on any atom is 0.410 e. The normalized spacial score (nSPS) is 16.8. The van der Waals surface area contributed by atoms with Crippen LogP contribution in [0.3, 0.4) is 0 Å². The van der Waals surface area contributed by atoms with E-state index in [9.17, 15) is 4.79 Å². The average molecular weight is 368 g/mol. The lowest BCUT2D eigenvalue weighted by Gasteiger charge is -2.16. The van der Waals surface area contributed by atoms with E-state index >= 15 is 0 Å². The Morgan fingerprint density at radius 3 is 2.96 bits per heavy atom. The number of carbonyl (C=O) groups excluding carboxylic acids is 1. The molecule has 6 heteroatoms. The molecule has 134 valence electrons. The van der Waals surface area contributed by atoms with Gasteiger partial charge in [-0.25, -0.2) is 9.17 Å². The Bertz CT molecular complexity index is 882. The fourth-order valence-electron chi connectivity index (χ4n) is 3.14. The Labute approximate surface area is 156 Å². The van der Waals surface area contributed by atoms with Gasteiger partial charge in [0.1, 0.15) is 12.4 Å². The van der Waals surface area contributed by atoms with Crippen LogP contribution in [0.1, 0.15) is 12.0 Å². The number of aromatic nitrogens is 1. The van der Waals surface area contributed by atoms with Crippen molar-refractivity contribution in [3.8, 4) is 5.75 Å². The first kappa shape index (κ1) is 16.8. The molecule has 0 radical (unpaired) electrons. The molecule has 1 fully saturated rings. The Hall–Kier alpha value is -2.60. The van der Waals surface area contributed by atoms with E-state index in [1.54, 1.807) is 11.1 Å². The molecule has 1 aromatic heterocycles. The number of hydrogen-bond donors (Lipinski definition) is 0. The summed E-state index contributed by atoms with van der Waals surface area (Å²) in [5.74, 6) is 1.20. The van der Waals surface area contributed by atoms with Gasteiger partial charge in [-0.05, 0) is 40.9 Å². The predicted molar refractivity (Wildman–Crippen MR) is 101 cm³/mol. The second-order valence-corrected chi connectivity index (χ2v) is 7.17. The Balaban J connectivity index is 1.26. The van der Waals surface area contributed by atoms with Crippen molar-refractivity contribution in [1.82, 2.24) is 9.27 Å². The van der Waals surface area contributed by atoms with Crippen LogP contribution in [0.15, 0.2) is 54.0 Å². The van der Waals surface area contributed by atoms with Gasteiger partial charge in [0, 0.05) is 36.1 Å². The summed E-state index contributed by atoms with van der Waals surface area (Å²) in [4.78, 5) is 13.9. The highest BCUT2D eigenvalue weighted by atomic mass is 32.1. The molecular weight excluding hydrogens is 348 g/mol. The highest BCUT2D eigenvalue weighted by Gasteiger charge is 2.27. The molecule has 5 nitrogen and oxygen atoms in total. The summed E-state index contributed by atoms with van der Waals surface area (Å²) in [5, 5.41) is 4.26. The number of fused-ring (bicyclic) bond motifs is 1. The number of nitrogens with zero attached hydrogens (tertiary/aromatic N) is 2. The monoisotopic (exact) mass is 368 g/mol. The number of benzene rings is 2. The van der Waals surface area contributed by atoms with Crippen LogP contribution in [0.2, 0.25) is 0 Å². The van der Waals surface area contributed by atoms with Crippen molar-refractivity contribution >= 4 is 28.4 Å². The third kappa shape index (κ3) is 3.96. The van der Waals surface area contributed by atoms with E-state index in [0.717, 1.165) is 17.7 Å². The first-order valence-corrected chi connectivity index (χ1v) is 9.53. The van der Waals surface area contributed by atoms with Crippen LogP contribution in [0.5, 0.6) is 5.75 Å². The molecule has 1 amide bonds. The zero-order chi connectivity index (χ0) is 17.8. The molecule has 0 N–H and O–H groups in total. The summed E-state index contributed by atoms with van der Waals surface area (Å²) in [6.07, 6.45) is 2.40. The second kappa shape index (κ2) is 7.74. The molecule has 1 aliphatic heterocycles. The predicted octanol–water partition coefficient (Wildman–Crippen LogP) is 4.33. The third-order valence-electron chi connectivity index (χ3n) is 4.60. The molecule has 2 heterocycles. The van der Waals surface area contributed by atoms with Gasteiger partial charge in [0.2, 0.25) is 0 Å². The van der Waals surface area contributed by atoms with Gasteiger partial charge in [-0.2, -0.15) is 0 Å². The maximum absolute atomic E-state index is 12.2. The van der Waals surface area contributed by atoms with Crippen LogP contribution < -0.4 is 4.74 Å². The van der Waals surface area contributed by atoms with Crippen LogP contribution in [-0.2, 0) is 11.3 Å². The molecule has 0 aliphatic carbocycles. The highest BCUT2D eigenvalue weighted by Crippen LogP contribution is 2.23. The smallest absolute Gasteiger partial charge is 0.410 e. The summed E-state index contributed by atoms with van der Waals surface area (Å²) >= 11 is 1.36. The lowest BCUT2D eigenvalue weighted by molar-refractivity contribution is 0.102. The van der Waals surface area contributed by atoms with Crippen molar-refractivity contribution in [3.05, 3.63) is 59.6 Å². The van der Waals surface area contributed by atoms with Crippen molar-refractivity contribution in [1.29, 1.82) is 0 Å². The van der Waals surface area contributed by atoms with E-state index in [0.29, 0.717) is 25.6 Å². The minimum absolute atomic E-state index is 0.260. The van der Waals surface area contributed by atoms with Crippen molar-refractivity contribution in [3.63, 3.8) is 0 Å². The van der Waals surface area contributed by atoms with Crippen LogP contribution in [0.25, 0.3) is 10.8 Å². The van der Waals surface area contributed by atoms with Gasteiger partial charge in [-0.1, -0.05) is 30.3 Å². The fourth-order valence-corrected chi connectivity index (χ4v) is 3.66. The summed E-state index contributed by atoms with van der Waals surface area (Å²) in [6.45, 7) is 2.28. The number of amides is 1. The van der Waals surface area contributed by atoms with Gasteiger partial charge in [-0.15, -0.1) is 0 Å². The number of carbonyl (C=O) groups is 1. The van der Waals surface area contributed by atoms with Gasteiger partial charge < -0.3 is 14.4 Å². The highest BCUT2D eigenvalue weighted by molar-refractivity contribution is 7.03. The number of likely N-dealkylation sites (tertiary alicyclic amines) is 1. The van der Waals surface area contributed by atoms with Crippen LogP contribution in [0, 0.1) is 5.92 Å². The maximum atomic E-state index is 12.2. The molecule has 0 bridgehead atoms. The van der Waals surface area contributed by atoms with E-state index in [1.807, 2.05) is 23.6 Å². The Kier molecular flexibility index (Phi) is 5.02. The number of ether oxygens (including phenoxy) is 2. The van der Waals surface area contributed by atoms with Gasteiger partial charge >= 0.3 is 6.09 Å². The van der Waals surface area contributed by atoms with Gasteiger partial charge in [0.25, 0.3) is 0 Å². The second-order valence-electron chi connectivity index (χ2n) is 6.51. The standard InChI is InChI=1S/C20H20N2O3S/c23-20(25-13-16-10-21-26-14-16)22-8-7-15(11-22)12-24-19-6-5-17-3-1-2-4-18(17)9-19/h1-6,9-10,14-15H,7-8,11-13H2. The Morgan fingerprint density at radius 2 is 2.12 bits per heavy atom. The molecule has 0 spiro atoms. The topological polar surface area (TPSA) is 51.7 Å². The molecule has 3 aromatic rings. The van der Waals surface area contributed by atoms with Gasteiger partial charge in [0.05, 0.1) is 6.61 Å². The van der Waals surface area contributed by atoms with E-state index in [1.165, 1.54) is 22.3 Å². The van der Waals surface area contributed by atoms with Crippen molar-refractivity contribution in [2.24, 2.45) is 5.92 Å². The minimum atomic E-state index is -0.260. The largest absolute Gasteiger partial charge is 0.493 e. The van der Waals surface area contributed by atoms with E-state index in [2.05, 4.69) is 28.6 Å². The van der Waals surface area contributed by atoms with Gasteiger partial charge in [0.15, 0.2) is 0 Å². The fraction of sp³-hybridized carbons (Fsp3) is 0.300. The van der Waals surface area contributed by atoms with Crippen molar-refractivity contribution in [2.45, 2.75) is 13.0 Å². The quantitative estimate of drug-likeness (QED) is 0.672. The minimum Gasteiger partial charge on any atom is -0.493 e. The zero-order valence-corrected chi connectivity index (χ0v) is 15.2. The van der Waals surface area contributed by atoms with Crippen LogP contribution >= 0.6 is 11.5 Å². The molecular formula is C20H20N2O3S. The first-order chi connectivity index (χ1) is 12.8.